The van der Waals surface area contributed by atoms with Gasteiger partial charge in [0.25, 0.3) is 0 Å². The summed E-state index contributed by atoms with van der Waals surface area (Å²) in [5, 5.41) is 1.77. The second-order valence-electron chi connectivity index (χ2n) is 4.45. The van der Waals surface area contributed by atoms with E-state index in [0.29, 0.717) is 11.1 Å². The Morgan fingerprint density at radius 2 is 1.70 bits per heavy atom. The lowest BCUT2D eigenvalue weighted by Gasteiger charge is -1.95. The van der Waals surface area contributed by atoms with E-state index in [1.807, 2.05) is 48.5 Å². The highest BCUT2D eigenvalue weighted by Gasteiger charge is 2.13. The number of aromatic nitrogens is 1. The quantitative estimate of drug-likeness (QED) is 0.493. The van der Waals surface area contributed by atoms with Gasteiger partial charge in [0.05, 0.1) is 4.70 Å². The molecular weight excluding hydrogens is 270 g/mol. The van der Waals surface area contributed by atoms with Crippen LogP contribution in [0.3, 0.4) is 0 Å². The molecule has 0 unspecified atom stereocenters. The molecule has 4 aromatic rings. The summed E-state index contributed by atoms with van der Waals surface area (Å²) in [4.78, 5) is 16.5. The predicted octanol–water partition coefficient (Wildman–Crippen LogP) is 4.07. The van der Waals surface area contributed by atoms with Gasteiger partial charge in [-0.05, 0) is 12.1 Å². The van der Waals surface area contributed by atoms with Gasteiger partial charge in [-0.2, -0.15) is 0 Å². The number of nitrogens with zero attached hydrogens (tertiary/aromatic N) is 1. The highest BCUT2D eigenvalue weighted by Crippen LogP contribution is 2.33. The van der Waals surface area contributed by atoms with Gasteiger partial charge in [-0.3, -0.25) is 0 Å². The van der Waals surface area contributed by atoms with Gasteiger partial charge >= 0.3 is 5.63 Å². The first-order chi connectivity index (χ1) is 9.83. The molecule has 0 atom stereocenters. The van der Waals surface area contributed by atoms with Gasteiger partial charge in [-0.15, -0.1) is 11.3 Å². The first-order valence-electron chi connectivity index (χ1n) is 6.21. The van der Waals surface area contributed by atoms with Crippen molar-refractivity contribution >= 4 is 32.5 Å². The molecule has 0 N–H and O–H groups in total. The topological polar surface area (TPSA) is 43.1 Å². The van der Waals surface area contributed by atoms with E-state index in [2.05, 4.69) is 4.98 Å². The number of para-hydroxylation sites is 1. The second kappa shape index (κ2) is 4.28. The van der Waals surface area contributed by atoms with Crippen LogP contribution in [0.4, 0.5) is 0 Å². The lowest BCUT2D eigenvalue weighted by atomic mass is 10.2. The molecule has 0 saturated heterocycles. The average Bonchev–Trinajstić information content (AvgIpc) is 2.94. The summed E-state index contributed by atoms with van der Waals surface area (Å²) in [5.74, 6) is 0. The number of fused-ring (bicyclic) bond motifs is 3. The van der Waals surface area contributed by atoms with Crippen molar-refractivity contribution in [2.45, 2.75) is 0 Å². The molecule has 4 heteroatoms. The van der Waals surface area contributed by atoms with E-state index in [4.69, 9.17) is 4.42 Å². The molecule has 0 aliphatic carbocycles. The highest BCUT2D eigenvalue weighted by atomic mass is 32.1. The normalized spacial score (nSPS) is 11.2. The maximum Gasteiger partial charge on any atom is 0.363 e. The first kappa shape index (κ1) is 11.4. The fourth-order valence-electron chi connectivity index (χ4n) is 2.24. The lowest BCUT2D eigenvalue weighted by Crippen LogP contribution is -1.98. The molecule has 20 heavy (non-hydrogen) atoms. The molecule has 0 bridgehead atoms. The molecule has 0 fully saturated rings. The fraction of sp³-hybridized carbons (Fsp3) is 0. The van der Waals surface area contributed by atoms with Crippen molar-refractivity contribution in [3.05, 3.63) is 65.0 Å². The van der Waals surface area contributed by atoms with Gasteiger partial charge in [-0.25, -0.2) is 9.78 Å². The van der Waals surface area contributed by atoms with E-state index in [1.165, 1.54) is 11.3 Å². The van der Waals surface area contributed by atoms with E-state index in [-0.39, 0.29) is 5.63 Å². The van der Waals surface area contributed by atoms with Crippen LogP contribution in [-0.4, -0.2) is 4.98 Å². The third kappa shape index (κ3) is 1.66. The van der Waals surface area contributed by atoms with Crippen molar-refractivity contribution < 1.29 is 4.42 Å². The molecular formula is C16H9NO2S. The van der Waals surface area contributed by atoms with E-state index in [1.54, 1.807) is 6.07 Å². The molecule has 0 amide bonds. The number of benzene rings is 2. The predicted molar refractivity (Wildman–Crippen MR) is 81.1 cm³/mol. The van der Waals surface area contributed by atoms with Gasteiger partial charge in [-0.1, -0.05) is 42.5 Å². The number of thiazole rings is 1. The Bertz CT molecular complexity index is 970. The van der Waals surface area contributed by atoms with Gasteiger partial charge in [0.15, 0.2) is 5.52 Å². The molecule has 96 valence electrons. The van der Waals surface area contributed by atoms with Crippen LogP contribution in [0.15, 0.2) is 63.8 Å². The van der Waals surface area contributed by atoms with Gasteiger partial charge in [0.1, 0.15) is 10.6 Å². The molecule has 3 nitrogen and oxygen atoms in total. The molecule has 0 saturated carbocycles. The fourth-order valence-corrected chi connectivity index (χ4v) is 3.33. The van der Waals surface area contributed by atoms with Crippen molar-refractivity contribution in [2.75, 3.05) is 0 Å². The molecule has 2 aromatic heterocycles. The highest BCUT2D eigenvalue weighted by molar-refractivity contribution is 7.22. The summed E-state index contributed by atoms with van der Waals surface area (Å²) in [6.45, 7) is 0. The van der Waals surface area contributed by atoms with E-state index in [0.717, 1.165) is 20.7 Å². The zero-order chi connectivity index (χ0) is 13.5. The Balaban J connectivity index is 2.11. The van der Waals surface area contributed by atoms with Crippen LogP contribution in [0.2, 0.25) is 0 Å². The minimum absolute atomic E-state index is 0.378. The van der Waals surface area contributed by atoms with E-state index < -0.39 is 0 Å². The summed E-state index contributed by atoms with van der Waals surface area (Å²) < 4.78 is 6.20. The van der Waals surface area contributed by atoms with E-state index >= 15 is 0 Å². The van der Waals surface area contributed by atoms with Crippen molar-refractivity contribution in [1.29, 1.82) is 0 Å². The zero-order valence-electron chi connectivity index (χ0n) is 10.4. The third-order valence-electron chi connectivity index (χ3n) is 3.18. The summed E-state index contributed by atoms with van der Waals surface area (Å²) >= 11 is 1.52. The van der Waals surface area contributed by atoms with E-state index in [9.17, 15) is 4.79 Å². The lowest BCUT2D eigenvalue weighted by molar-refractivity contribution is 0.568. The van der Waals surface area contributed by atoms with Crippen molar-refractivity contribution in [3.8, 4) is 10.6 Å². The van der Waals surface area contributed by atoms with Crippen molar-refractivity contribution in [2.24, 2.45) is 0 Å². The monoisotopic (exact) mass is 279 g/mol. The number of hydrogen-bond acceptors (Lipinski definition) is 4. The summed E-state index contributed by atoms with van der Waals surface area (Å²) in [6, 6.07) is 17.4. The third-order valence-corrected chi connectivity index (χ3v) is 4.31. The number of rotatable bonds is 1. The summed E-state index contributed by atoms with van der Waals surface area (Å²) in [5.41, 5.74) is 1.65. The molecule has 0 aliphatic rings. The van der Waals surface area contributed by atoms with Crippen molar-refractivity contribution in [3.63, 3.8) is 0 Å². The Hall–Kier alpha value is -2.46. The largest absolute Gasteiger partial charge is 0.421 e. The zero-order valence-corrected chi connectivity index (χ0v) is 11.2. The maximum atomic E-state index is 12.0. The summed E-state index contributed by atoms with van der Waals surface area (Å²) in [6.07, 6.45) is 0. The van der Waals surface area contributed by atoms with Gasteiger partial charge in [0, 0.05) is 10.9 Å². The molecule has 0 spiro atoms. The smallest absolute Gasteiger partial charge is 0.363 e. The van der Waals surface area contributed by atoms with Crippen molar-refractivity contribution in [1.82, 2.24) is 4.98 Å². The average molecular weight is 279 g/mol. The Kier molecular flexibility index (Phi) is 2.44. The minimum atomic E-state index is -0.378. The molecule has 2 aromatic carbocycles. The minimum Gasteiger partial charge on any atom is -0.421 e. The van der Waals surface area contributed by atoms with Gasteiger partial charge < -0.3 is 4.42 Å². The second-order valence-corrected chi connectivity index (χ2v) is 5.45. The Morgan fingerprint density at radius 3 is 2.55 bits per heavy atom. The molecule has 0 radical (unpaired) electrons. The van der Waals surface area contributed by atoms with Crippen LogP contribution >= 0.6 is 11.3 Å². The molecule has 4 rings (SSSR count). The van der Waals surface area contributed by atoms with Gasteiger partial charge in [0.2, 0.25) is 0 Å². The molecule has 2 heterocycles. The SMILES string of the molecule is O=c1oc2ccccc2c2sc(-c3ccccc3)nc12. The van der Waals surface area contributed by atoms with Crippen LogP contribution in [0.1, 0.15) is 0 Å². The first-order valence-corrected chi connectivity index (χ1v) is 7.02. The Morgan fingerprint density at radius 1 is 0.950 bits per heavy atom. The standard InChI is InChI=1S/C16H9NO2S/c18-16-13-14(11-8-4-5-9-12(11)19-16)20-15(17-13)10-6-2-1-3-7-10/h1-9H. The number of hydrogen-bond donors (Lipinski definition) is 0. The maximum absolute atomic E-state index is 12.0. The Labute approximate surface area is 118 Å². The van der Waals surface area contributed by atoms with Crippen LogP contribution < -0.4 is 5.63 Å². The van der Waals surface area contributed by atoms with Crippen LogP contribution in [0.5, 0.6) is 0 Å². The van der Waals surface area contributed by atoms with Crippen LogP contribution in [0.25, 0.3) is 31.8 Å². The van der Waals surface area contributed by atoms with Crippen LogP contribution in [0, 0.1) is 0 Å². The van der Waals surface area contributed by atoms with Crippen LogP contribution in [-0.2, 0) is 0 Å². The molecule has 0 aliphatic heterocycles. The summed E-state index contributed by atoms with van der Waals surface area (Å²) in [7, 11) is 0.